The molecule has 1 atom stereocenters. The topological polar surface area (TPSA) is 107 Å². The fraction of sp³-hybridized carbons (Fsp3) is 0.211. The van der Waals surface area contributed by atoms with Gasteiger partial charge in [-0.1, -0.05) is 43.3 Å². The summed E-state index contributed by atoms with van der Waals surface area (Å²) in [5.74, 6) is -0.423. The number of rotatable bonds is 4. The molecule has 0 aromatic heterocycles. The third-order valence-corrected chi connectivity index (χ3v) is 5.42. The van der Waals surface area contributed by atoms with Crippen LogP contribution in [-0.2, 0) is 14.9 Å². The number of carbonyl (C=O) groups is 1. The summed E-state index contributed by atoms with van der Waals surface area (Å²) >= 11 is 0. The van der Waals surface area contributed by atoms with Crippen molar-refractivity contribution in [2.45, 2.75) is 30.7 Å². The van der Waals surface area contributed by atoms with E-state index < -0.39 is 21.6 Å². The lowest BCUT2D eigenvalue weighted by Gasteiger charge is -2.21. The van der Waals surface area contributed by atoms with Gasteiger partial charge in [-0.2, -0.15) is 8.42 Å². The van der Waals surface area contributed by atoms with Crippen molar-refractivity contribution in [3.8, 4) is 5.75 Å². The third kappa shape index (κ3) is 3.16. The van der Waals surface area contributed by atoms with Crippen LogP contribution in [0.1, 0.15) is 20.3 Å². The van der Waals surface area contributed by atoms with Gasteiger partial charge in [0.2, 0.25) is 0 Å². The Kier molecular flexibility index (Phi) is 4.47. The average molecular weight is 373 g/mol. The van der Waals surface area contributed by atoms with E-state index in [0.29, 0.717) is 22.6 Å². The summed E-state index contributed by atoms with van der Waals surface area (Å²) in [5.41, 5.74) is 4.78. The highest BCUT2D eigenvalue weighted by atomic mass is 32.2. The molecular formula is C19H19NO5S. The van der Waals surface area contributed by atoms with E-state index in [2.05, 4.69) is 0 Å². The predicted molar refractivity (Wildman–Crippen MR) is 99.8 cm³/mol. The molecule has 0 aliphatic carbocycles. The maximum atomic E-state index is 12.4. The van der Waals surface area contributed by atoms with Crippen molar-refractivity contribution in [2.75, 3.05) is 0 Å². The fourth-order valence-electron chi connectivity index (χ4n) is 2.74. The first kappa shape index (κ1) is 18.3. The summed E-state index contributed by atoms with van der Waals surface area (Å²) in [5, 5.41) is 2.24. The Morgan fingerprint density at radius 2 is 1.65 bits per heavy atom. The van der Waals surface area contributed by atoms with E-state index in [9.17, 15) is 17.8 Å². The number of hydrogen-bond donors (Lipinski definition) is 2. The van der Waals surface area contributed by atoms with E-state index in [-0.39, 0.29) is 16.0 Å². The summed E-state index contributed by atoms with van der Waals surface area (Å²) in [4.78, 5) is 12.2. The molecule has 0 saturated carbocycles. The van der Waals surface area contributed by atoms with Gasteiger partial charge in [0.15, 0.2) is 0 Å². The molecule has 0 heterocycles. The first-order chi connectivity index (χ1) is 12.1. The van der Waals surface area contributed by atoms with Gasteiger partial charge in [-0.05, 0) is 36.2 Å². The second-order valence-corrected chi connectivity index (χ2v) is 7.80. The second-order valence-electron chi connectivity index (χ2n) is 6.41. The minimum Gasteiger partial charge on any atom is -0.424 e. The molecule has 0 radical (unpaired) electrons. The van der Waals surface area contributed by atoms with Crippen molar-refractivity contribution in [1.29, 1.82) is 0 Å². The standard InChI is InChI=1S/C19H19NO5S/c1-3-19(2,20)18(21)25-16-11-15-13(12-7-4-5-8-14(12)16)9-6-10-17(15)26(22,23)24/h4-11H,3,20H2,1-2H3,(H,22,23,24). The molecule has 0 aliphatic heterocycles. The summed E-state index contributed by atoms with van der Waals surface area (Å²) in [6.07, 6.45) is 0.383. The van der Waals surface area contributed by atoms with Gasteiger partial charge < -0.3 is 10.5 Å². The number of nitrogens with two attached hydrogens (primary N) is 1. The summed E-state index contributed by atoms with van der Waals surface area (Å²) < 4.78 is 38.6. The highest BCUT2D eigenvalue weighted by Crippen LogP contribution is 2.36. The van der Waals surface area contributed by atoms with E-state index >= 15 is 0 Å². The smallest absolute Gasteiger partial charge is 0.331 e. The molecule has 0 fully saturated rings. The maximum Gasteiger partial charge on any atom is 0.331 e. The van der Waals surface area contributed by atoms with E-state index in [4.69, 9.17) is 10.5 Å². The Bertz CT molecular complexity index is 1120. The van der Waals surface area contributed by atoms with Gasteiger partial charge in [0.05, 0.1) is 0 Å². The van der Waals surface area contributed by atoms with E-state index in [1.54, 1.807) is 50.2 Å². The number of hydrogen-bond acceptors (Lipinski definition) is 5. The lowest BCUT2D eigenvalue weighted by Crippen LogP contribution is -2.46. The molecule has 0 spiro atoms. The van der Waals surface area contributed by atoms with Crippen LogP contribution >= 0.6 is 0 Å². The zero-order chi connectivity index (χ0) is 19.1. The average Bonchev–Trinajstić information content (AvgIpc) is 2.60. The second kappa shape index (κ2) is 6.35. The first-order valence-electron chi connectivity index (χ1n) is 8.08. The molecular weight excluding hydrogens is 354 g/mol. The fourth-order valence-corrected chi connectivity index (χ4v) is 3.44. The van der Waals surface area contributed by atoms with Crippen molar-refractivity contribution in [3.05, 3.63) is 48.5 Å². The molecule has 3 N–H and O–H groups in total. The quantitative estimate of drug-likeness (QED) is 0.315. The van der Waals surface area contributed by atoms with E-state index in [1.165, 1.54) is 12.1 Å². The van der Waals surface area contributed by atoms with Gasteiger partial charge in [0, 0.05) is 10.8 Å². The van der Waals surface area contributed by atoms with Crippen LogP contribution in [0.3, 0.4) is 0 Å². The van der Waals surface area contributed by atoms with Gasteiger partial charge in [0.1, 0.15) is 16.2 Å². The Labute approximate surface area is 151 Å². The van der Waals surface area contributed by atoms with Crippen molar-refractivity contribution < 1.29 is 22.5 Å². The summed E-state index contributed by atoms with van der Waals surface area (Å²) in [6.45, 7) is 3.35. The van der Waals surface area contributed by atoms with Crippen molar-refractivity contribution in [3.63, 3.8) is 0 Å². The normalized spacial score (nSPS) is 14.3. The molecule has 6 nitrogen and oxygen atoms in total. The molecule has 3 aromatic rings. The van der Waals surface area contributed by atoms with Crippen LogP contribution < -0.4 is 10.5 Å². The van der Waals surface area contributed by atoms with Crippen LogP contribution in [0.15, 0.2) is 53.4 Å². The van der Waals surface area contributed by atoms with Crippen molar-refractivity contribution >= 4 is 37.6 Å². The molecule has 3 aromatic carbocycles. The van der Waals surface area contributed by atoms with Crippen LogP contribution in [0.4, 0.5) is 0 Å². The monoisotopic (exact) mass is 373 g/mol. The Morgan fingerprint density at radius 1 is 1.08 bits per heavy atom. The van der Waals surface area contributed by atoms with E-state index in [1.807, 2.05) is 0 Å². The van der Waals surface area contributed by atoms with Crippen LogP contribution in [0.25, 0.3) is 21.5 Å². The molecule has 3 rings (SSSR count). The maximum absolute atomic E-state index is 12.4. The summed E-state index contributed by atoms with van der Waals surface area (Å²) in [6, 6.07) is 13.2. The molecule has 26 heavy (non-hydrogen) atoms. The van der Waals surface area contributed by atoms with Crippen LogP contribution in [0.2, 0.25) is 0 Å². The zero-order valence-corrected chi connectivity index (χ0v) is 15.2. The molecule has 136 valence electrons. The van der Waals surface area contributed by atoms with Crippen molar-refractivity contribution in [1.82, 2.24) is 0 Å². The molecule has 7 heteroatoms. The van der Waals surface area contributed by atoms with Crippen LogP contribution in [0.5, 0.6) is 5.75 Å². The van der Waals surface area contributed by atoms with Crippen LogP contribution in [-0.4, -0.2) is 24.5 Å². The summed E-state index contributed by atoms with van der Waals surface area (Å²) in [7, 11) is -4.44. The number of esters is 1. The third-order valence-electron chi connectivity index (χ3n) is 4.51. The van der Waals surface area contributed by atoms with Gasteiger partial charge in [0.25, 0.3) is 10.1 Å². The number of ether oxygens (including phenoxy) is 1. The van der Waals surface area contributed by atoms with Gasteiger partial charge in [-0.25, -0.2) is 4.79 Å². The highest BCUT2D eigenvalue weighted by Gasteiger charge is 2.29. The minimum atomic E-state index is -4.44. The van der Waals surface area contributed by atoms with Gasteiger partial charge >= 0.3 is 5.97 Å². The van der Waals surface area contributed by atoms with E-state index in [0.717, 1.165) is 0 Å². The Morgan fingerprint density at radius 3 is 2.27 bits per heavy atom. The Hall–Kier alpha value is -2.48. The van der Waals surface area contributed by atoms with Gasteiger partial charge in [-0.15, -0.1) is 0 Å². The first-order valence-corrected chi connectivity index (χ1v) is 9.52. The van der Waals surface area contributed by atoms with Crippen molar-refractivity contribution in [2.24, 2.45) is 5.73 Å². The zero-order valence-electron chi connectivity index (χ0n) is 14.4. The SMILES string of the molecule is CCC(C)(N)C(=O)Oc1cc2c(S(=O)(=O)O)cccc2c2ccccc12. The molecule has 0 aliphatic rings. The molecule has 0 bridgehead atoms. The molecule has 1 unspecified atom stereocenters. The Balaban J connectivity index is 2.33. The highest BCUT2D eigenvalue weighted by molar-refractivity contribution is 7.86. The lowest BCUT2D eigenvalue weighted by atomic mass is 9.99. The molecule has 0 saturated heterocycles. The minimum absolute atomic E-state index is 0.194. The van der Waals surface area contributed by atoms with Crippen LogP contribution in [0, 0.1) is 0 Å². The van der Waals surface area contributed by atoms with Gasteiger partial charge in [-0.3, -0.25) is 4.55 Å². The lowest BCUT2D eigenvalue weighted by molar-refractivity contribution is -0.139. The number of benzene rings is 3. The molecule has 0 amide bonds. The predicted octanol–water partition coefficient (Wildman–Crippen LogP) is 3.27. The number of fused-ring (bicyclic) bond motifs is 3. The largest absolute Gasteiger partial charge is 0.424 e. The number of carbonyl (C=O) groups excluding carboxylic acids is 1.